The van der Waals surface area contributed by atoms with Crippen LogP contribution in [0.25, 0.3) is 0 Å². The van der Waals surface area contributed by atoms with Gasteiger partial charge in [-0.2, -0.15) is 0 Å². The van der Waals surface area contributed by atoms with Gasteiger partial charge in [-0.15, -0.1) is 0 Å². The smallest absolute Gasteiger partial charge is 0.0570 e. The molecule has 0 aliphatic heterocycles. The fourth-order valence-corrected chi connectivity index (χ4v) is 5.45. The predicted octanol–water partition coefficient (Wildman–Crippen LogP) is 12.9. The molecule has 0 aromatic carbocycles. The molecular formula is C34H69NO. The summed E-state index contributed by atoms with van der Waals surface area (Å²) in [6.45, 7) is 4.59. The number of nitrogens with zero attached hydrogens (tertiary/aromatic N) is 1. The molecule has 0 atom stereocenters. The van der Waals surface area contributed by atoms with Gasteiger partial charge in [0.1, 0.15) is 0 Å². The third-order valence-electron chi connectivity index (χ3n) is 8.03. The molecule has 2 heteroatoms. The third-order valence-corrected chi connectivity index (χ3v) is 8.03. The summed E-state index contributed by atoms with van der Waals surface area (Å²) in [4.78, 5) is 0. The maximum Gasteiger partial charge on any atom is 0.0570 e. The van der Waals surface area contributed by atoms with Crippen LogP contribution in [-0.4, -0.2) is 10.9 Å². The van der Waals surface area contributed by atoms with Crippen molar-refractivity contribution in [3.8, 4) is 0 Å². The van der Waals surface area contributed by atoms with Crippen molar-refractivity contribution in [3.63, 3.8) is 0 Å². The molecule has 0 bridgehead atoms. The van der Waals surface area contributed by atoms with Gasteiger partial charge in [-0.1, -0.05) is 192 Å². The van der Waals surface area contributed by atoms with Crippen molar-refractivity contribution in [2.75, 3.05) is 0 Å². The topological polar surface area (TPSA) is 32.6 Å². The Hall–Kier alpha value is -0.530. The molecule has 0 unspecified atom stereocenters. The molecule has 0 rings (SSSR count). The Kier molecular flexibility index (Phi) is 32.0. The second kappa shape index (κ2) is 32.5. The lowest BCUT2D eigenvalue weighted by Crippen LogP contribution is -1.99. The lowest BCUT2D eigenvalue weighted by atomic mass is 10.0. The maximum atomic E-state index is 9.33. The van der Waals surface area contributed by atoms with Crippen LogP contribution in [0.15, 0.2) is 5.16 Å². The predicted molar refractivity (Wildman–Crippen MR) is 164 cm³/mol. The molecule has 0 aromatic rings. The minimum Gasteiger partial charge on any atom is -0.411 e. The number of hydrogen-bond donors (Lipinski definition) is 1. The Morgan fingerprint density at radius 1 is 0.333 bits per heavy atom. The van der Waals surface area contributed by atoms with Crippen LogP contribution >= 0.6 is 0 Å². The average molecular weight is 508 g/mol. The first-order valence-corrected chi connectivity index (χ1v) is 17.0. The van der Waals surface area contributed by atoms with Crippen LogP contribution in [0.1, 0.15) is 213 Å². The van der Waals surface area contributed by atoms with E-state index < -0.39 is 0 Å². The Labute approximate surface area is 228 Å². The van der Waals surface area contributed by atoms with E-state index in [0.29, 0.717) is 0 Å². The van der Waals surface area contributed by atoms with Crippen molar-refractivity contribution in [2.45, 2.75) is 213 Å². The summed E-state index contributed by atoms with van der Waals surface area (Å²) < 4.78 is 0. The molecule has 0 heterocycles. The fourth-order valence-electron chi connectivity index (χ4n) is 5.45. The quantitative estimate of drug-likeness (QED) is 0.0430. The lowest BCUT2D eigenvalue weighted by molar-refractivity contribution is 0.315. The molecule has 0 saturated heterocycles. The fraction of sp³-hybridized carbons (Fsp3) is 0.971. The molecule has 216 valence electrons. The molecule has 2 nitrogen and oxygen atoms in total. The molecule has 0 spiro atoms. The molecule has 0 aliphatic rings. The number of hydrogen-bond acceptors (Lipinski definition) is 2. The van der Waals surface area contributed by atoms with E-state index in [1.165, 1.54) is 186 Å². The highest BCUT2D eigenvalue weighted by Crippen LogP contribution is 2.16. The van der Waals surface area contributed by atoms with E-state index in [-0.39, 0.29) is 0 Å². The first-order valence-electron chi connectivity index (χ1n) is 17.0. The summed E-state index contributed by atoms with van der Waals surface area (Å²) >= 11 is 0. The average Bonchev–Trinajstić information content (AvgIpc) is 2.89. The van der Waals surface area contributed by atoms with Gasteiger partial charge in [-0.25, -0.2) is 0 Å². The van der Waals surface area contributed by atoms with E-state index in [2.05, 4.69) is 19.0 Å². The molecule has 1 N–H and O–H groups in total. The van der Waals surface area contributed by atoms with Crippen molar-refractivity contribution in [2.24, 2.45) is 5.16 Å². The van der Waals surface area contributed by atoms with Crippen LogP contribution in [-0.2, 0) is 0 Å². The zero-order valence-corrected chi connectivity index (χ0v) is 25.3. The van der Waals surface area contributed by atoms with Gasteiger partial charge in [0.25, 0.3) is 0 Å². The first kappa shape index (κ1) is 35.5. The van der Waals surface area contributed by atoms with Crippen molar-refractivity contribution >= 4 is 5.71 Å². The molecule has 0 amide bonds. The number of rotatable bonds is 31. The third kappa shape index (κ3) is 29.7. The summed E-state index contributed by atoms with van der Waals surface area (Å²) in [5, 5.41) is 12.9. The van der Waals surface area contributed by atoms with Crippen molar-refractivity contribution in [3.05, 3.63) is 0 Å². The molecule has 36 heavy (non-hydrogen) atoms. The van der Waals surface area contributed by atoms with Crippen LogP contribution < -0.4 is 0 Å². The Morgan fingerprint density at radius 2 is 0.528 bits per heavy atom. The molecule has 0 radical (unpaired) electrons. The van der Waals surface area contributed by atoms with Gasteiger partial charge >= 0.3 is 0 Å². The highest BCUT2D eigenvalue weighted by molar-refractivity contribution is 5.83. The van der Waals surface area contributed by atoms with Crippen molar-refractivity contribution in [1.29, 1.82) is 0 Å². The number of oxime groups is 1. The van der Waals surface area contributed by atoms with E-state index in [4.69, 9.17) is 0 Å². The van der Waals surface area contributed by atoms with Crippen LogP contribution in [0, 0.1) is 0 Å². The summed E-state index contributed by atoms with van der Waals surface area (Å²) in [6, 6.07) is 0. The second-order valence-electron chi connectivity index (χ2n) is 11.7. The van der Waals surface area contributed by atoms with E-state index in [1.807, 2.05) is 0 Å². The van der Waals surface area contributed by atoms with Crippen LogP contribution in [0.3, 0.4) is 0 Å². The number of unbranched alkanes of at least 4 members (excludes halogenated alkanes) is 27. The summed E-state index contributed by atoms with van der Waals surface area (Å²) in [6.07, 6.45) is 42.6. The van der Waals surface area contributed by atoms with Crippen molar-refractivity contribution in [1.82, 2.24) is 0 Å². The largest absolute Gasteiger partial charge is 0.411 e. The standard InChI is InChI=1S/C34H69NO/c1-3-5-7-9-11-13-15-17-19-21-23-25-27-29-31-33-34(35-36)32-30-28-26-24-22-20-18-16-14-12-10-8-6-4-2/h36H,3-33H2,1-2H3. The van der Waals surface area contributed by atoms with E-state index in [9.17, 15) is 5.21 Å². The lowest BCUT2D eigenvalue weighted by Gasteiger charge is -2.06. The Morgan fingerprint density at radius 3 is 0.722 bits per heavy atom. The molecule has 0 aromatic heterocycles. The summed E-state index contributed by atoms with van der Waals surface area (Å²) in [7, 11) is 0. The van der Waals surface area contributed by atoms with Gasteiger partial charge in [-0.05, 0) is 25.7 Å². The molecule has 0 saturated carbocycles. The van der Waals surface area contributed by atoms with Gasteiger partial charge in [0.05, 0.1) is 5.71 Å². The van der Waals surface area contributed by atoms with Crippen LogP contribution in [0.4, 0.5) is 0 Å². The molecule has 0 aliphatic carbocycles. The monoisotopic (exact) mass is 508 g/mol. The first-order chi connectivity index (χ1) is 17.8. The SMILES string of the molecule is CCCCCCCCCCCCCCCCCC(CCCCCCCCCCCCCCCC)=NO. The minimum atomic E-state index is 1.01. The van der Waals surface area contributed by atoms with Crippen LogP contribution in [0.2, 0.25) is 0 Å². The second-order valence-corrected chi connectivity index (χ2v) is 11.7. The van der Waals surface area contributed by atoms with Gasteiger partial charge in [0, 0.05) is 0 Å². The Balaban J connectivity index is 3.27. The summed E-state index contributed by atoms with van der Waals surface area (Å²) in [5.74, 6) is 0. The van der Waals surface area contributed by atoms with Gasteiger partial charge in [-0.3, -0.25) is 0 Å². The van der Waals surface area contributed by atoms with E-state index in [1.54, 1.807) is 0 Å². The molecular weight excluding hydrogens is 438 g/mol. The summed E-state index contributed by atoms with van der Waals surface area (Å²) in [5.41, 5.74) is 1.05. The van der Waals surface area contributed by atoms with E-state index >= 15 is 0 Å². The van der Waals surface area contributed by atoms with Gasteiger partial charge < -0.3 is 5.21 Å². The van der Waals surface area contributed by atoms with E-state index in [0.717, 1.165) is 18.6 Å². The molecule has 0 fully saturated rings. The highest BCUT2D eigenvalue weighted by Gasteiger charge is 2.02. The maximum absolute atomic E-state index is 9.33. The van der Waals surface area contributed by atoms with Crippen LogP contribution in [0.5, 0.6) is 0 Å². The van der Waals surface area contributed by atoms with Gasteiger partial charge in [0.2, 0.25) is 0 Å². The minimum absolute atomic E-state index is 1.01. The highest BCUT2D eigenvalue weighted by atomic mass is 16.4. The van der Waals surface area contributed by atoms with Crippen molar-refractivity contribution < 1.29 is 5.21 Å². The van der Waals surface area contributed by atoms with Gasteiger partial charge in [0.15, 0.2) is 0 Å². The zero-order chi connectivity index (χ0) is 26.2. The Bertz CT molecular complexity index is 419. The zero-order valence-electron chi connectivity index (χ0n) is 25.3. The normalized spacial score (nSPS) is 12.0.